The van der Waals surface area contributed by atoms with Gasteiger partial charge in [0.2, 0.25) is 5.82 Å². The number of methoxy groups -OCH3 is 1. The zero-order valence-electron chi connectivity index (χ0n) is 16.2. The maximum absolute atomic E-state index is 12.8. The van der Waals surface area contributed by atoms with Crippen molar-refractivity contribution in [1.29, 1.82) is 0 Å². The number of fused-ring (bicyclic) bond motifs is 1. The number of carbonyl (C=O) groups is 1. The first-order valence-corrected chi connectivity index (χ1v) is 10.5. The number of carbonyl (C=O) groups excluding carboxylic acids is 1. The number of aromatic nitrogens is 2. The summed E-state index contributed by atoms with van der Waals surface area (Å²) in [5.74, 6) is 0.896. The number of hydrogen-bond donors (Lipinski definition) is 1. The monoisotopic (exact) mass is 392 g/mol. The number of amides is 1. The number of nitrogens with one attached hydrogen (secondary N) is 1. The highest BCUT2D eigenvalue weighted by Gasteiger charge is 2.27. The molecule has 1 saturated heterocycles. The van der Waals surface area contributed by atoms with E-state index in [-0.39, 0.29) is 11.7 Å². The van der Waals surface area contributed by atoms with Gasteiger partial charge < -0.3 is 19.7 Å². The van der Waals surface area contributed by atoms with Crippen molar-refractivity contribution >= 4 is 33.3 Å². The van der Waals surface area contributed by atoms with Crippen LogP contribution in [0.4, 0.5) is 5.82 Å². The minimum absolute atomic E-state index is 0.122. The molecule has 1 aliphatic heterocycles. The molecule has 2 atom stereocenters. The predicted molar refractivity (Wildman–Crippen MR) is 108 cm³/mol. The Morgan fingerprint density at radius 2 is 2.07 bits per heavy atom. The van der Waals surface area contributed by atoms with Gasteiger partial charge in [-0.25, -0.2) is 9.97 Å². The first kappa shape index (κ1) is 20.0. The zero-order chi connectivity index (χ0) is 19.2. The number of anilines is 1. The molecule has 148 valence electrons. The molecule has 8 heteroatoms. The molecule has 2 unspecified atom stereocenters. The van der Waals surface area contributed by atoms with E-state index in [1.165, 1.54) is 11.3 Å². The molecule has 7 nitrogen and oxygen atoms in total. The Kier molecular flexibility index (Phi) is 6.98. The number of nitrogens with zero attached hydrogens (tertiary/aromatic N) is 3. The lowest BCUT2D eigenvalue weighted by molar-refractivity contribution is 0.0295. The summed E-state index contributed by atoms with van der Waals surface area (Å²) in [6.07, 6.45) is 3.34. The molecule has 1 aliphatic carbocycles. The van der Waals surface area contributed by atoms with Crippen LogP contribution in [-0.4, -0.2) is 66.3 Å². The topological polar surface area (TPSA) is 76.6 Å². The number of hydrogen-bond acceptors (Lipinski definition) is 7. The van der Waals surface area contributed by atoms with Gasteiger partial charge >= 0.3 is 0 Å². The van der Waals surface area contributed by atoms with Crippen molar-refractivity contribution in [3.63, 3.8) is 0 Å². The average molecular weight is 393 g/mol. The summed E-state index contributed by atoms with van der Waals surface area (Å²) in [6.45, 7) is 6.31. The maximum Gasteiger partial charge on any atom is 0.291 e. The number of morpholine rings is 1. The minimum Gasteiger partial charge on any atom is -0.381 e. The van der Waals surface area contributed by atoms with Gasteiger partial charge in [-0.2, -0.15) is 0 Å². The molecule has 3 heterocycles. The molecule has 2 aromatic rings. The van der Waals surface area contributed by atoms with Crippen LogP contribution in [0.25, 0.3) is 10.2 Å². The number of thiophene rings is 1. The van der Waals surface area contributed by atoms with Crippen LogP contribution in [0.1, 0.15) is 43.7 Å². The second kappa shape index (κ2) is 9.43. The average Bonchev–Trinajstić information content (AvgIpc) is 3.38. The largest absolute Gasteiger partial charge is 0.381 e. The van der Waals surface area contributed by atoms with Gasteiger partial charge in [-0.1, -0.05) is 13.8 Å². The van der Waals surface area contributed by atoms with Crippen molar-refractivity contribution < 1.29 is 14.3 Å². The van der Waals surface area contributed by atoms with E-state index >= 15 is 0 Å². The molecule has 1 N–H and O–H groups in total. The third kappa shape index (κ3) is 4.56. The summed E-state index contributed by atoms with van der Waals surface area (Å²) in [5, 5.41) is 6.48. The lowest BCUT2D eigenvalue weighted by atomic mass is 10.2. The molecule has 4 rings (SSSR count). The molecular weight excluding hydrogens is 364 g/mol. The van der Waals surface area contributed by atoms with Crippen LogP contribution < -0.4 is 5.32 Å². The summed E-state index contributed by atoms with van der Waals surface area (Å²) < 4.78 is 10.8. The van der Waals surface area contributed by atoms with Crippen LogP contribution in [0.5, 0.6) is 0 Å². The van der Waals surface area contributed by atoms with E-state index in [4.69, 9.17) is 9.47 Å². The molecule has 1 amide bonds. The van der Waals surface area contributed by atoms with Crippen LogP contribution in [0.3, 0.4) is 0 Å². The third-order valence-electron chi connectivity index (χ3n) is 4.87. The van der Waals surface area contributed by atoms with E-state index in [0.29, 0.717) is 38.4 Å². The fourth-order valence-corrected chi connectivity index (χ4v) is 4.21. The van der Waals surface area contributed by atoms with Crippen LogP contribution >= 0.6 is 11.3 Å². The minimum atomic E-state index is -0.122. The molecule has 0 aromatic carbocycles. The quantitative estimate of drug-likeness (QED) is 0.861. The van der Waals surface area contributed by atoms with Gasteiger partial charge in [-0.05, 0) is 30.7 Å². The highest BCUT2D eigenvalue weighted by molar-refractivity contribution is 7.16. The molecular formula is C19H28N4O3S. The van der Waals surface area contributed by atoms with E-state index in [2.05, 4.69) is 15.3 Å². The van der Waals surface area contributed by atoms with Crippen molar-refractivity contribution in [3.05, 3.63) is 17.3 Å². The van der Waals surface area contributed by atoms with Crippen molar-refractivity contribution in [3.8, 4) is 0 Å². The van der Waals surface area contributed by atoms with E-state index in [0.717, 1.165) is 35.3 Å². The summed E-state index contributed by atoms with van der Waals surface area (Å²) in [6, 6.07) is 2.32. The standard InChI is InChI=1S/C17H22N4O3S.C2H6/c1-23-12-3-2-11(10-12)18-14-13-4-9-25-16(13)20-15(19-14)17(22)21-5-7-24-8-6-21;1-2/h4,9,11-12H,2-3,5-8,10H2,1H3,(H,18,19,20);1-2H3. The van der Waals surface area contributed by atoms with Crippen LogP contribution in [0.2, 0.25) is 0 Å². The molecule has 0 radical (unpaired) electrons. The molecule has 0 bridgehead atoms. The molecule has 2 aliphatic rings. The van der Waals surface area contributed by atoms with Crippen molar-refractivity contribution in [2.24, 2.45) is 0 Å². The van der Waals surface area contributed by atoms with Crippen LogP contribution in [-0.2, 0) is 9.47 Å². The molecule has 2 aromatic heterocycles. The number of rotatable bonds is 4. The third-order valence-corrected chi connectivity index (χ3v) is 5.68. The first-order chi connectivity index (χ1) is 13.2. The van der Waals surface area contributed by atoms with E-state index < -0.39 is 0 Å². The zero-order valence-corrected chi connectivity index (χ0v) is 17.1. The summed E-state index contributed by atoms with van der Waals surface area (Å²) in [4.78, 5) is 24.4. The van der Waals surface area contributed by atoms with Gasteiger partial charge in [0.05, 0.1) is 24.7 Å². The normalized spacial score (nSPS) is 22.4. The smallest absolute Gasteiger partial charge is 0.291 e. The van der Waals surface area contributed by atoms with Gasteiger partial charge in [0, 0.05) is 26.2 Å². The maximum atomic E-state index is 12.8. The van der Waals surface area contributed by atoms with E-state index in [1.807, 2.05) is 25.3 Å². The first-order valence-electron chi connectivity index (χ1n) is 9.66. The van der Waals surface area contributed by atoms with Crippen molar-refractivity contribution in [1.82, 2.24) is 14.9 Å². The van der Waals surface area contributed by atoms with Crippen LogP contribution in [0.15, 0.2) is 11.4 Å². The SMILES string of the molecule is CC.COC1CCC(Nc2nc(C(=O)N3CCOCC3)nc3sccc23)C1. The molecule has 27 heavy (non-hydrogen) atoms. The van der Waals surface area contributed by atoms with Crippen molar-refractivity contribution in [2.75, 3.05) is 38.7 Å². The highest BCUT2D eigenvalue weighted by Crippen LogP contribution is 2.29. The Hall–Kier alpha value is -1.77. The molecule has 0 spiro atoms. The van der Waals surface area contributed by atoms with E-state index in [9.17, 15) is 4.79 Å². The Morgan fingerprint density at radius 3 is 2.78 bits per heavy atom. The van der Waals surface area contributed by atoms with Gasteiger partial charge in [0.15, 0.2) is 0 Å². The van der Waals surface area contributed by atoms with Gasteiger partial charge in [-0.3, -0.25) is 4.79 Å². The lowest BCUT2D eigenvalue weighted by Gasteiger charge is -2.26. The Labute approximate surface area is 164 Å². The highest BCUT2D eigenvalue weighted by atomic mass is 32.1. The molecule has 1 saturated carbocycles. The Bertz CT molecular complexity index is 760. The van der Waals surface area contributed by atoms with E-state index in [1.54, 1.807) is 12.0 Å². The predicted octanol–water partition coefficient (Wildman–Crippen LogP) is 3.17. The second-order valence-corrected chi connectivity index (χ2v) is 7.35. The lowest BCUT2D eigenvalue weighted by Crippen LogP contribution is -2.41. The Morgan fingerprint density at radius 1 is 1.30 bits per heavy atom. The molecule has 2 fully saturated rings. The fraction of sp³-hybridized carbons (Fsp3) is 0.632. The van der Waals surface area contributed by atoms with Gasteiger partial charge in [0.1, 0.15) is 10.6 Å². The Balaban J connectivity index is 0.00000102. The van der Waals surface area contributed by atoms with Gasteiger partial charge in [0.25, 0.3) is 5.91 Å². The summed E-state index contributed by atoms with van der Waals surface area (Å²) >= 11 is 1.53. The van der Waals surface area contributed by atoms with Gasteiger partial charge in [-0.15, -0.1) is 11.3 Å². The van der Waals surface area contributed by atoms with Crippen molar-refractivity contribution in [2.45, 2.75) is 45.3 Å². The summed E-state index contributed by atoms with van der Waals surface area (Å²) in [5.41, 5.74) is 0. The van der Waals surface area contributed by atoms with Crippen LogP contribution in [0, 0.1) is 0 Å². The summed E-state index contributed by atoms with van der Waals surface area (Å²) in [7, 11) is 1.76. The fourth-order valence-electron chi connectivity index (χ4n) is 3.45. The number of ether oxygens (including phenoxy) is 2. The second-order valence-electron chi connectivity index (χ2n) is 6.45.